The van der Waals surface area contributed by atoms with Gasteiger partial charge in [0.2, 0.25) is 0 Å². The number of hydrogen-bond acceptors (Lipinski definition) is 4. The summed E-state index contributed by atoms with van der Waals surface area (Å²) in [5.74, 6) is 0. The summed E-state index contributed by atoms with van der Waals surface area (Å²) in [7, 11) is 0. The first-order chi connectivity index (χ1) is 5.97. The van der Waals surface area contributed by atoms with Crippen LogP contribution < -0.4 is 5.32 Å². The molecule has 0 amide bonds. The number of nitrogens with one attached hydrogen (secondary N) is 1. The van der Waals surface area contributed by atoms with Crippen LogP contribution in [-0.2, 0) is 4.74 Å². The lowest BCUT2D eigenvalue weighted by molar-refractivity contribution is 0.0249. The van der Waals surface area contributed by atoms with Crippen LogP contribution in [0.3, 0.4) is 0 Å². The van der Waals surface area contributed by atoms with E-state index in [-0.39, 0.29) is 6.10 Å². The van der Waals surface area contributed by atoms with Crippen LogP contribution in [0.2, 0.25) is 0 Å². The third kappa shape index (κ3) is 1.60. The zero-order valence-electron chi connectivity index (χ0n) is 6.73. The van der Waals surface area contributed by atoms with Crippen molar-refractivity contribution in [2.45, 2.75) is 6.10 Å². The Bertz CT molecular complexity index is 233. The first-order valence-corrected chi connectivity index (χ1v) is 4.05. The fourth-order valence-corrected chi connectivity index (χ4v) is 1.25. The lowest BCUT2D eigenvalue weighted by Gasteiger charge is -2.22. The molecule has 1 saturated heterocycles. The molecule has 0 unspecified atom stereocenters. The molecule has 0 aromatic carbocycles. The van der Waals surface area contributed by atoms with Crippen LogP contribution in [0.4, 0.5) is 0 Å². The van der Waals surface area contributed by atoms with Crippen molar-refractivity contribution >= 4 is 0 Å². The van der Waals surface area contributed by atoms with E-state index in [0.29, 0.717) is 0 Å². The molecular formula is C8H11N3O. The van der Waals surface area contributed by atoms with Crippen LogP contribution >= 0.6 is 0 Å². The molecule has 0 saturated carbocycles. The zero-order valence-corrected chi connectivity index (χ0v) is 6.73. The van der Waals surface area contributed by atoms with E-state index in [1.165, 1.54) is 0 Å². The Hall–Kier alpha value is -1.00. The summed E-state index contributed by atoms with van der Waals surface area (Å²) in [5.41, 5.74) is 0.956. The van der Waals surface area contributed by atoms with E-state index in [0.717, 1.165) is 25.4 Å². The van der Waals surface area contributed by atoms with Gasteiger partial charge in [0, 0.05) is 19.3 Å². The van der Waals surface area contributed by atoms with Gasteiger partial charge in [-0.2, -0.15) is 0 Å². The Morgan fingerprint density at radius 3 is 3.25 bits per heavy atom. The van der Waals surface area contributed by atoms with Gasteiger partial charge in [-0.25, -0.2) is 9.97 Å². The number of hydrogen-bond donors (Lipinski definition) is 1. The molecular weight excluding hydrogens is 154 g/mol. The van der Waals surface area contributed by atoms with E-state index < -0.39 is 0 Å². The predicted octanol–water partition coefficient (Wildman–Crippen LogP) is 0.138. The minimum Gasteiger partial charge on any atom is -0.369 e. The standard InChI is InChI=1S/C8H11N3O/c1-2-10-6-11-7(1)8-5-9-3-4-12-8/h1-2,6,8-9H,3-5H2/t8-/m0/s1. The molecule has 4 nitrogen and oxygen atoms in total. The number of aromatic nitrogens is 2. The molecule has 4 heteroatoms. The molecule has 1 fully saturated rings. The van der Waals surface area contributed by atoms with Gasteiger partial charge < -0.3 is 10.1 Å². The number of rotatable bonds is 1. The highest BCUT2D eigenvalue weighted by atomic mass is 16.5. The molecule has 0 spiro atoms. The van der Waals surface area contributed by atoms with Crippen LogP contribution in [0.1, 0.15) is 11.8 Å². The van der Waals surface area contributed by atoms with Crippen molar-refractivity contribution in [3.8, 4) is 0 Å². The third-order valence-electron chi connectivity index (χ3n) is 1.86. The molecule has 1 aromatic rings. The highest BCUT2D eigenvalue weighted by Gasteiger charge is 2.15. The maximum Gasteiger partial charge on any atom is 0.115 e. The molecule has 2 heterocycles. The summed E-state index contributed by atoms with van der Waals surface area (Å²) >= 11 is 0. The summed E-state index contributed by atoms with van der Waals surface area (Å²) in [6.07, 6.45) is 3.38. The first-order valence-electron chi connectivity index (χ1n) is 4.05. The van der Waals surface area contributed by atoms with Gasteiger partial charge in [0.25, 0.3) is 0 Å². The molecule has 0 aliphatic carbocycles. The van der Waals surface area contributed by atoms with Gasteiger partial charge >= 0.3 is 0 Å². The molecule has 0 radical (unpaired) electrons. The van der Waals surface area contributed by atoms with Crippen molar-refractivity contribution in [2.24, 2.45) is 0 Å². The Kier molecular flexibility index (Phi) is 2.29. The minimum absolute atomic E-state index is 0.0988. The number of nitrogens with zero attached hydrogens (tertiary/aromatic N) is 2. The van der Waals surface area contributed by atoms with Crippen molar-refractivity contribution in [1.82, 2.24) is 15.3 Å². The molecule has 1 atom stereocenters. The number of morpholine rings is 1. The lowest BCUT2D eigenvalue weighted by Crippen LogP contribution is -2.33. The summed E-state index contributed by atoms with van der Waals surface area (Å²) in [5, 5.41) is 3.25. The summed E-state index contributed by atoms with van der Waals surface area (Å²) in [4.78, 5) is 7.98. The van der Waals surface area contributed by atoms with Crippen LogP contribution in [0.5, 0.6) is 0 Å². The molecule has 0 bridgehead atoms. The van der Waals surface area contributed by atoms with E-state index in [4.69, 9.17) is 4.74 Å². The van der Waals surface area contributed by atoms with Crippen LogP contribution in [-0.4, -0.2) is 29.7 Å². The van der Waals surface area contributed by atoms with Crippen molar-refractivity contribution in [3.63, 3.8) is 0 Å². The summed E-state index contributed by atoms with van der Waals surface area (Å²) < 4.78 is 5.51. The summed E-state index contributed by atoms with van der Waals surface area (Å²) in [6, 6.07) is 1.89. The normalized spacial score (nSPS) is 23.8. The average Bonchev–Trinajstić information content (AvgIpc) is 2.21. The zero-order chi connectivity index (χ0) is 8.23. The first kappa shape index (κ1) is 7.64. The molecule has 1 N–H and O–H groups in total. The smallest absolute Gasteiger partial charge is 0.115 e. The molecule has 12 heavy (non-hydrogen) atoms. The second-order valence-electron chi connectivity index (χ2n) is 2.70. The second kappa shape index (κ2) is 3.60. The van der Waals surface area contributed by atoms with E-state index in [9.17, 15) is 0 Å². The number of ether oxygens (including phenoxy) is 1. The predicted molar refractivity (Wildman–Crippen MR) is 43.6 cm³/mol. The fourth-order valence-electron chi connectivity index (χ4n) is 1.25. The Labute approximate surface area is 71.0 Å². The largest absolute Gasteiger partial charge is 0.369 e. The average molecular weight is 165 g/mol. The molecule has 2 rings (SSSR count). The topological polar surface area (TPSA) is 47.0 Å². The second-order valence-corrected chi connectivity index (χ2v) is 2.70. The van der Waals surface area contributed by atoms with Gasteiger partial charge in [-0.15, -0.1) is 0 Å². The van der Waals surface area contributed by atoms with Crippen LogP contribution in [0.15, 0.2) is 18.6 Å². The van der Waals surface area contributed by atoms with Crippen LogP contribution in [0, 0.1) is 0 Å². The van der Waals surface area contributed by atoms with Gasteiger partial charge in [-0.3, -0.25) is 0 Å². The molecule has 64 valence electrons. The third-order valence-corrected chi connectivity index (χ3v) is 1.86. The van der Waals surface area contributed by atoms with Gasteiger partial charge in [-0.1, -0.05) is 0 Å². The fraction of sp³-hybridized carbons (Fsp3) is 0.500. The quantitative estimate of drug-likeness (QED) is 0.643. The van der Waals surface area contributed by atoms with Crippen LogP contribution in [0.25, 0.3) is 0 Å². The Morgan fingerprint density at radius 1 is 1.58 bits per heavy atom. The van der Waals surface area contributed by atoms with E-state index in [1.807, 2.05) is 6.07 Å². The van der Waals surface area contributed by atoms with Crippen molar-refractivity contribution in [3.05, 3.63) is 24.3 Å². The van der Waals surface area contributed by atoms with Gasteiger partial charge in [0.1, 0.15) is 12.4 Å². The van der Waals surface area contributed by atoms with E-state index in [2.05, 4.69) is 15.3 Å². The maximum absolute atomic E-state index is 5.51. The maximum atomic E-state index is 5.51. The van der Waals surface area contributed by atoms with Gasteiger partial charge in [0.05, 0.1) is 12.3 Å². The van der Waals surface area contributed by atoms with E-state index >= 15 is 0 Å². The highest BCUT2D eigenvalue weighted by molar-refractivity contribution is 5.03. The molecule has 1 aliphatic rings. The van der Waals surface area contributed by atoms with Crippen molar-refractivity contribution < 1.29 is 4.74 Å². The SMILES string of the molecule is c1cc([C@@H]2CNCCO2)ncn1. The van der Waals surface area contributed by atoms with Gasteiger partial charge in [-0.05, 0) is 6.07 Å². The minimum atomic E-state index is 0.0988. The molecule has 1 aromatic heterocycles. The Morgan fingerprint density at radius 2 is 2.58 bits per heavy atom. The summed E-state index contributed by atoms with van der Waals surface area (Å²) in [6.45, 7) is 2.53. The lowest BCUT2D eigenvalue weighted by atomic mass is 10.2. The van der Waals surface area contributed by atoms with E-state index in [1.54, 1.807) is 12.5 Å². The van der Waals surface area contributed by atoms with Crippen molar-refractivity contribution in [2.75, 3.05) is 19.7 Å². The molecule has 1 aliphatic heterocycles. The monoisotopic (exact) mass is 165 g/mol. The van der Waals surface area contributed by atoms with Crippen molar-refractivity contribution in [1.29, 1.82) is 0 Å². The van der Waals surface area contributed by atoms with Gasteiger partial charge in [0.15, 0.2) is 0 Å². The Balaban J connectivity index is 2.08. The highest BCUT2D eigenvalue weighted by Crippen LogP contribution is 2.14.